The SMILES string of the molecule is O=C1c2cccc(C(O)/C=C\CO)c2C(c2ccc(Cl)cc2)N1Cc1ccc([N+](=O)[O-])cc1. The average Bonchev–Trinajstić information content (AvgIpc) is 3.10. The summed E-state index contributed by atoms with van der Waals surface area (Å²) in [5, 5.41) is 31.4. The van der Waals surface area contributed by atoms with Crippen LogP contribution >= 0.6 is 11.6 Å². The van der Waals surface area contributed by atoms with Crippen LogP contribution in [0.4, 0.5) is 5.69 Å². The van der Waals surface area contributed by atoms with Crippen LogP contribution in [0.3, 0.4) is 0 Å². The lowest BCUT2D eigenvalue weighted by Gasteiger charge is -2.27. The summed E-state index contributed by atoms with van der Waals surface area (Å²) in [6, 6.07) is 18.0. The Hall–Kier alpha value is -3.52. The molecule has 1 amide bonds. The van der Waals surface area contributed by atoms with Crippen molar-refractivity contribution in [3.05, 3.63) is 122 Å². The maximum atomic E-state index is 13.5. The standard InChI is InChI=1S/C25H21ClN2O5/c26-18-10-8-17(9-11-18)24-23-20(22(30)5-2-14-29)3-1-4-21(23)25(31)27(24)15-16-6-12-19(13-7-16)28(32)33/h1-13,22,24,29-30H,14-15H2/b5-2-. The first-order chi connectivity index (χ1) is 15.9. The maximum absolute atomic E-state index is 13.5. The molecule has 2 unspecified atom stereocenters. The third kappa shape index (κ3) is 4.52. The Morgan fingerprint density at radius 3 is 2.42 bits per heavy atom. The monoisotopic (exact) mass is 464 g/mol. The molecule has 0 aromatic heterocycles. The van der Waals surface area contributed by atoms with Gasteiger partial charge in [-0.1, -0.05) is 60.2 Å². The molecular formula is C25H21ClN2O5. The number of nitro groups is 1. The van der Waals surface area contributed by atoms with Gasteiger partial charge in [-0.25, -0.2) is 0 Å². The minimum atomic E-state index is -1.01. The van der Waals surface area contributed by atoms with Crippen molar-refractivity contribution in [3.8, 4) is 0 Å². The number of carbonyl (C=O) groups is 1. The zero-order valence-electron chi connectivity index (χ0n) is 17.5. The van der Waals surface area contributed by atoms with E-state index in [0.29, 0.717) is 21.7 Å². The Kier molecular flexibility index (Phi) is 6.55. The second-order valence-electron chi connectivity index (χ2n) is 7.67. The molecule has 0 aliphatic carbocycles. The van der Waals surface area contributed by atoms with E-state index in [9.17, 15) is 20.0 Å². The fraction of sp³-hybridized carbons (Fsp3) is 0.160. The van der Waals surface area contributed by atoms with Crippen LogP contribution in [0.15, 0.2) is 78.9 Å². The number of aliphatic hydroxyl groups excluding tert-OH is 2. The number of non-ortho nitro benzene ring substituents is 1. The summed E-state index contributed by atoms with van der Waals surface area (Å²) in [5.74, 6) is -0.205. The van der Waals surface area contributed by atoms with Crippen LogP contribution < -0.4 is 0 Å². The molecule has 7 nitrogen and oxygen atoms in total. The van der Waals surface area contributed by atoms with E-state index in [1.165, 1.54) is 24.3 Å². The van der Waals surface area contributed by atoms with Gasteiger partial charge in [-0.3, -0.25) is 14.9 Å². The van der Waals surface area contributed by atoms with Gasteiger partial charge in [0.05, 0.1) is 23.7 Å². The lowest BCUT2D eigenvalue weighted by Crippen LogP contribution is -2.28. The quantitative estimate of drug-likeness (QED) is 0.302. The molecule has 3 aromatic rings. The third-order valence-corrected chi connectivity index (χ3v) is 5.90. The molecule has 1 heterocycles. The Bertz CT molecular complexity index is 1210. The summed E-state index contributed by atoms with van der Waals surface area (Å²) in [6.07, 6.45) is 1.93. The Balaban J connectivity index is 1.80. The number of rotatable bonds is 7. The number of amides is 1. The van der Waals surface area contributed by atoms with Crippen molar-refractivity contribution in [2.75, 3.05) is 6.61 Å². The van der Waals surface area contributed by atoms with Gasteiger partial charge in [0.2, 0.25) is 0 Å². The largest absolute Gasteiger partial charge is 0.392 e. The predicted molar refractivity (Wildman–Crippen MR) is 124 cm³/mol. The Morgan fingerprint density at radius 2 is 1.79 bits per heavy atom. The van der Waals surface area contributed by atoms with Gasteiger partial charge in [-0.15, -0.1) is 0 Å². The van der Waals surface area contributed by atoms with Crippen molar-refractivity contribution in [3.63, 3.8) is 0 Å². The average molecular weight is 465 g/mol. The number of nitro benzene ring substituents is 1. The van der Waals surface area contributed by atoms with Crippen molar-refractivity contribution in [2.24, 2.45) is 0 Å². The molecule has 0 bridgehead atoms. The van der Waals surface area contributed by atoms with Gasteiger partial charge < -0.3 is 15.1 Å². The second kappa shape index (κ2) is 9.54. The summed E-state index contributed by atoms with van der Waals surface area (Å²) in [4.78, 5) is 25.7. The molecule has 1 aliphatic heterocycles. The van der Waals surface area contributed by atoms with Crippen molar-refractivity contribution in [2.45, 2.75) is 18.7 Å². The van der Waals surface area contributed by atoms with Gasteiger partial charge in [-0.2, -0.15) is 0 Å². The molecule has 0 saturated carbocycles. The van der Waals surface area contributed by atoms with Gasteiger partial charge in [0, 0.05) is 29.3 Å². The normalized spacial score (nSPS) is 16.3. The van der Waals surface area contributed by atoms with Gasteiger partial charge >= 0.3 is 0 Å². The fourth-order valence-corrected chi connectivity index (χ4v) is 4.25. The molecule has 33 heavy (non-hydrogen) atoms. The van der Waals surface area contributed by atoms with Crippen molar-refractivity contribution >= 4 is 23.2 Å². The molecule has 1 aliphatic rings. The van der Waals surface area contributed by atoms with Gasteiger partial charge in [0.25, 0.3) is 11.6 Å². The van der Waals surface area contributed by atoms with Crippen LogP contribution in [-0.4, -0.2) is 32.6 Å². The molecule has 3 aromatic carbocycles. The predicted octanol–water partition coefficient (Wildman–Crippen LogP) is 4.58. The first kappa shape index (κ1) is 22.7. The molecule has 4 rings (SSSR count). The molecule has 2 N–H and O–H groups in total. The van der Waals surface area contributed by atoms with Crippen LogP contribution in [0.25, 0.3) is 0 Å². The minimum Gasteiger partial charge on any atom is -0.392 e. The van der Waals surface area contributed by atoms with E-state index >= 15 is 0 Å². The lowest BCUT2D eigenvalue weighted by molar-refractivity contribution is -0.384. The summed E-state index contributed by atoms with van der Waals surface area (Å²) in [7, 11) is 0. The Labute approximate surface area is 195 Å². The number of hydrogen-bond acceptors (Lipinski definition) is 5. The number of fused-ring (bicyclic) bond motifs is 1. The molecule has 8 heteroatoms. The maximum Gasteiger partial charge on any atom is 0.269 e. The molecule has 0 radical (unpaired) electrons. The first-order valence-electron chi connectivity index (χ1n) is 10.3. The van der Waals surface area contributed by atoms with Crippen molar-refractivity contribution in [1.82, 2.24) is 4.90 Å². The van der Waals surface area contributed by atoms with Crippen LogP contribution in [-0.2, 0) is 6.54 Å². The van der Waals surface area contributed by atoms with Crippen LogP contribution in [0.1, 0.15) is 44.8 Å². The number of carbonyl (C=O) groups excluding carboxylic acids is 1. The smallest absolute Gasteiger partial charge is 0.269 e. The van der Waals surface area contributed by atoms with Crippen molar-refractivity contribution in [1.29, 1.82) is 0 Å². The summed E-state index contributed by atoms with van der Waals surface area (Å²) in [6.45, 7) is 0.0126. The summed E-state index contributed by atoms with van der Waals surface area (Å²) in [5.41, 5.74) is 3.26. The molecule has 0 saturated heterocycles. The highest BCUT2D eigenvalue weighted by Gasteiger charge is 2.40. The van der Waals surface area contributed by atoms with E-state index in [1.807, 2.05) is 12.1 Å². The van der Waals surface area contributed by atoms with E-state index in [-0.39, 0.29) is 24.7 Å². The highest BCUT2D eigenvalue weighted by Crippen LogP contribution is 2.43. The first-order valence-corrected chi connectivity index (χ1v) is 10.7. The second-order valence-corrected chi connectivity index (χ2v) is 8.11. The van der Waals surface area contributed by atoms with E-state index < -0.39 is 17.1 Å². The van der Waals surface area contributed by atoms with E-state index in [2.05, 4.69) is 0 Å². The van der Waals surface area contributed by atoms with Gasteiger partial charge in [-0.05, 0) is 40.5 Å². The zero-order chi connectivity index (χ0) is 23.5. The van der Waals surface area contributed by atoms with Crippen molar-refractivity contribution < 1.29 is 19.9 Å². The molecular weight excluding hydrogens is 444 g/mol. The lowest BCUT2D eigenvalue weighted by atomic mass is 9.90. The minimum absolute atomic E-state index is 0.0230. The summed E-state index contributed by atoms with van der Waals surface area (Å²) < 4.78 is 0. The topological polar surface area (TPSA) is 104 Å². The molecule has 0 fully saturated rings. The highest BCUT2D eigenvalue weighted by atomic mass is 35.5. The number of halogens is 1. The molecule has 0 spiro atoms. The van der Waals surface area contributed by atoms with Gasteiger partial charge in [0.15, 0.2) is 0 Å². The number of hydrogen-bond donors (Lipinski definition) is 2. The molecule has 168 valence electrons. The zero-order valence-corrected chi connectivity index (χ0v) is 18.2. The van der Waals surface area contributed by atoms with E-state index in [4.69, 9.17) is 16.7 Å². The number of benzene rings is 3. The third-order valence-electron chi connectivity index (χ3n) is 5.64. The Morgan fingerprint density at radius 1 is 1.09 bits per heavy atom. The number of nitrogens with zero attached hydrogens (tertiary/aromatic N) is 2. The van der Waals surface area contributed by atoms with Crippen LogP contribution in [0, 0.1) is 10.1 Å². The van der Waals surface area contributed by atoms with E-state index in [1.54, 1.807) is 47.4 Å². The summed E-state index contributed by atoms with van der Waals surface area (Å²) >= 11 is 6.08. The van der Waals surface area contributed by atoms with Crippen LogP contribution in [0.2, 0.25) is 5.02 Å². The van der Waals surface area contributed by atoms with Gasteiger partial charge in [0.1, 0.15) is 0 Å². The van der Waals surface area contributed by atoms with E-state index in [0.717, 1.165) is 11.1 Å². The number of aliphatic hydroxyl groups is 2. The van der Waals surface area contributed by atoms with Crippen LogP contribution in [0.5, 0.6) is 0 Å². The molecule has 2 atom stereocenters. The highest BCUT2D eigenvalue weighted by molar-refractivity contribution is 6.30. The fourth-order valence-electron chi connectivity index (χ4n) is 4.13.